The first-order chi connectivity index (χ1) is 7.13. The second-order valence-electron chi connectivity index (χ2n) is 2.15. The van der Waals surface area contributed by atoms with Crippen LogP contribution in [0.15, 0.2) is 12.2 Å². The maximum absolute atomic E-state index is 10.6. The average Bonchev–Trinajstić information content (AvgIpc) is 2.25. The van der Waals surface area contributed by atoms with Crippen molar-refractivity contribution in [3.63, 3.8) is 0 Å². The first-order valence-corrected chi connectivity index (χ1v) is 4.08. The van der Waals surface area contributed by atoms with Crippen molar-refractivity contribution >= 4 is 11.9 Å². The summed E-state index contributed by atoms with van der Waals surface area (Å²) in [6, 6.07) is 0. The van der Waals surface area contributed by atoms with Gasteiger partial charge in [-0.15, -0.1) is 0 Å². The Morgan fingerprint density at radius 3 is 2.27 bits per heavy atom. The smallest absolute Gasteiger partial charge is 0.339 e. The fourth-order valence-electron chi connectivity index (χ4n) is 0.525. The predicted octanol–water partition coefficient (Wildman–Crippen LogP) is -1.11. The standard InChI is InChI=1S/C8H12O7/c1-2-13-8(15-7(12)4-10)5-14-6(11)3-9/h5,9-10H,2-4H2,1H3/b8-5+. The molecule has 0 aromatic rings. The van der Waals surface area contributed by atoms with Crippen LogP contribution in [0.3, 0.4) is 0 Å². The summed E-state index contributed by atoms with van der Waals surface area (Å²) in [5.74, 6) is -2.24. The minimum absolute atomic E-state index is 0.182. The van der Waals surface area contributed by atoms with Gasteiger partial charge in [0, 0.05) is 0 Å². The molecule has 0 rings (SSSR count). The molecule has 0 aliphatic rings. The molecule has 0 aromatic carbocycles. The van der Waals surface area contributed by atoms with E-state index in [0.29, 0.717) is 0 Å². The summed E-state index contributed by atoms with van der Waals surface area (Å²) in [4.78, 5) is 21.1. The zero-order valence-corrected chi connectivity index (χ0v) is 8.13. The lowest BCUT2D eigenvalue weighted by Gasteiger charge is -2.07. The van der Waals surface area contributed by atoms with Crippen molar-refractivity contribution in [2.75, 3.05) is 19.8 Å². The van der Waals surface area contributed by atoms with E-state index in [0.717, 1.165) is 6.26 Å². The predicted molar refractivity (Wildman–Crippen MR) is 46.1 cm³/mol. The highest BCUT2D eigenvalue weighted by Crippen LogP contribution is 2.01. The molecule has 0 heterocycles. The Balaban J connectivity index is 4.23. The monoisotopic (exact) mass is 220 g/mol. The number of carbonyl (C=O) groups is 2. The van der Waals surface area contributed by atoms with Crippen molar-refractivity contribution in [1.29, 1.82) is 0 Å². The Hall–Kier alpha value is -1.60. The molecule has 2 N–H and O–H groups in total. The van der Waals surface area contributed by atoms with Gasteiger partial charge in [-0.1, -0.05) is 0 Å². The highest BCUT2D eigenvalue weighted by atomic mass is 16.7. The van der Waals surface area contributed by atoms with Gasteiger partial charge >= 0.3 is 17.9 Å². The number of aliphatic hydroxyl groups excluding tert-OH is 2. The van der Waals surface area contributed by atoms with Crippen LogP contribution in [0.2, 0.25) is 0 Å². The minimum atomic E-state index is -0.949. The van der Waals surface area contributed by atoms with Gasteiger partial charge < -0.3 is 24.4 Å². The van der Waals surface area contributed by atoms with Gasteiger partial charge in [0.25, 0.3) is 0 Å². The average molecular weight is 220 g/mol. The summed E-state index contributed by atoms with van der Waals surface area (Å²) in [5, 5.41) is 16.7. The first kappa shape index (κ1) is 13.4. The van der Waals surface area contributed by atoms with Crippen molar-refractivity contribution in [2.45, 2.75) is 6.92 Å². The lowest BCUT2D eigenvalue weighted by atomic mass is 10.7. The van der Waals surface area contributed by atoms with Crippen molar-refractivity contribution < 1.29 is 34.0 Å². The summed E-state index contributed by atoms with van der Waals surface area (Å²) in [5.41, 5.74) is 0. The zero-order chi connectivity index (χ0) is 11.7. The third-order valence-corrected chi connectivity index (χ3v) is 1.05. The number of esters is 2. The van der Waals surface area contributed by atoms with Gasteiger partial charge in [-0.3, -0.25) is 0 Å². The van der Waals surface area contributed by atoms with E-state index in [9.17, 15) is 9.59 Å². The largest absolute Gasteiger partial charge is 0.463 e. The zero-order valence-electron chi connectivity index (χ0n) is 8.13. The number of rotatable bonds is 6. The van der Waals surface area contributed by atoms with Crippen molar-refractivity contribution in [3.05, 3.63) is 12.2 Å². The molecule has 0 radical (unpaired) electrons. The molecule has 0 saturated carbocycles. The van der Waals surface area contributed by atoms with Crippen LogP contribution < -0.4 is 0 Å². The minimum Gasteiger partial charge on any atom is -0.463 e. The van der Waals surface area contributed by atoms with Gasteiger partial charge in [0.2, 0.25) is 0 Å². The second kappa shape index (κ2) is 7.77. The Morgan fingerprint density at radius 2 is 1.80 bits per heavy atom. The molecule has 0 bridgehead atoms. The van der Waals surface area contributed by atoms with Gasteiger partial charge in [0.05, 0.1) is 6.61 Å². The van der Waals surface area contributed by atoms with Gasteiger partial charge in [-0.05, 0) is 6.92 Å². The summed E-state index contributed by atoms with van der Waals surface area (Å²) in [6.07, 6.45) is 0.732. The molecule has 0 amide bonds. The van der Waals surface area contributed by atoms with Crippen molar-refractivity contribution in [3.8, 4) is 0 Å². The van der Waals surface area contributed by atoms with Gasteiger partial charge in [0.15, 0.2) is 6.26 Å². The third kappa shape index (κ3) is 6.47. The molecule has 7 nitrogen and oxygen atoms in total. The third-order valence-electron chi connectivity index (χ3n) is 1.05. The number of aliphatic hydroxyl groups is 2. The molecule has 0 saturated heterocycles. The van der Waals surface area contributed by atoms with Crippen LogP contribution in [0.4, 0.5) is 0 Å². The Kier molecular flexibility index (Phi) is 6.94. The van der Waals surface area contributed by atoms with Gasteiger partial charge in [-0.25, -0.2) is 9.59 Å². The van der Waals surface area contributed by atoms with Crippen LogP contribution in [0, 0.1) is 0 Å². The van der Waals surface area contributed by atoms with E-state index in [-0.39, 0.29) is 12.6 Å². The molecule has 0 aliphatic heterocycles. The van der Waals surface area contributed by atoms with Crippen LogP contribution in [-0.2, 0) is 23.8 Å². The fraction of sp³-hybridized carbons (Fsp3) is 0.500. The van der Waals surface area contributed by atoms with E-state index < -0.39 is 25.2 Å². The van der Waals surface area contributed by atoms with Crippen molar-refractivity contribution in [1.82, 2.24) is 0 Å². The van der Waals surface area contributed by atoms with E-state index in [1.165, 1.54) is 0 Å². The molecular formula is C8H12O7. The van der Waals surface area contributed by atoms with Crippen LogP contribution >= 0.6 is 0 Å². The fourth-order valence-corrected chi connectivity index (χ4v) is 0.525. The maximum atomic E-state index is 10.6. The number of carbonyl (C=O) groups excluding carboxylic acids is 2. The lowest BCUT2D eigenvalue weighted by molar-refractivity contribution is -0.151. The highest BCUT2D eigenvalue weighted by molar-refractivity contribution is 5.72. The Morgan fingerprint density at radius 1 is 1.20 bits per heavy atom. The van der Waals surface area contributed by atoms with Crippen LogP contribution in [0.5, 0.6) is 0 Å². The highest BCUT2D eigenvalue weighted by Gasteiger charge is 2.08. The number of hydrogen-bond acceptors (Lipinski definition) is 7. The van der Waals surface area contributed by atoms with E-state index in [4.69, 9.17) is 14.9 Å². The van der Waals surface area contributed by atoms with E-state index in [1.807, 2.05) is 0 Å². The molecule has 0 spiro atoms. The van der Waals surface area contributed by atoms with E-state index in [2.05, 4.69) is 9.47 Å². The molecule has 0 aromatic heterocycles. The Bertz CT molecular complexity index is 245. The maximum Gasteiger partial charge on any atom is 0.339 e. The summed E-state index contributed by atoms with van der Waals surface area (Å²) in [6.45, 7) is 0.178. The van der Waals surface area contributed by atoms with Gasteiger partial charge in [0.1, 0.15) is 13.2 Å². The van der Waals surface area contributed by atoms with E-state index >= 15 is 0 Å². The SMILES string of the molecule is CCO/C(=C\OC(=O)CO)OC(=O)CO. The molecule has 0 aliphatic carbocycles. The molecule has 0 unspecified atom stereocenters. The van der Waals surface area contributed by atoms with Crippen LogP contribution in [0.1, 0.15) is 6.92 Å². The number of hydrogen-bond donors (Lipinski definition) is 2. The molecule has 0 atom stereocenters. The Labute approximate surface area is 85.9 Å². The second-order valence-corrected chi connectivity index (χ2v) is 2.15. The molecular weight excluding hydrogens is 208 g/mol. The molecule has 7 heteroatoms. The first-order valence-electron chi connectivity index (χ1n) is 4.08. The summed E-state index contributed by atoms with van der Waals surface area (Å²) < 4.78 is 13.5. The lowest BCUT2D eigenvalue weighted by Crippen LogP contribution is -2.12. The summed E-state index contributed by atoms with van der Waals surface area (Å²) in [7, 11) is 0. The number of ether oxygens (including phenoxy) is 3. The molecule has 86 valence electrons. The van der Waals surface area contributed by atoms with Gasteiger partial charge in [-0.2, -0.15) is 0 Å². The quantitative estimate of drug-likeness (QED) is 0.432. The summed E-state index contributed by atoms with van der Waals surface area (Å²) >= 11 is 0. The van der Waals surface area contributed by atoms with E-state index in [1.54, 1.807) is 6.92 Å². The van der Waals surface area contributed by atoms with Crippen LogP contribution in [-0.4, -0.2) is 42.0 Å². The molecule has 15 heavy (non-hydrogen) atoms. The molecule has 0 fully saturated rings. The normalized spacial score (nSPS) is 10.7. The van der Waals surface area contributed by atoms with Crippen LogP contribution in [0.25, 0.3) is 0 Å². The topological polar surface area (TPSA) is 102 Å². The van der Waals surface area contributed by atoms with Crippen molar-refractivity contribution in [2.24, 2.45) is 0 Å².